The molecule has 19 atom stereocenters. The normalized spacial score (nSPS) is 55.6. The van der Waals surface area contributed by atoms with Crippen LogP contribution in [0, 0.1) is 11.8 Å². The molecular weight excluding hydrogens is 564 g/mol. The largest absolute Gasteiger partial charge is 0.394 e. The minimum absolute atomic E-state index is 0.121. The Bertz CT molecular complexity index is 880. The average Bonchev–Trinajstić information content (AvgIpc) is 2.96. The lowest BCUT2D eigenvalue weighted by Gasteiger charge is -2.52. The van der Waals surface area contributed by atoms with Crippen LogP contribution in [0.5, 0.6) is 0 Å². The van der Waals surface area contributed by atoms with Crippen LogP contribution in [0.2, 0.25) is 0 Å². The van der Waals surface area contributed by atoms with E-state index in [9.17, 15) is 51.1 Å². The molecule has 0 radical (unpaired) electrons. The highest BCUT2D eigenvalue weighted by molar-refractivity contribution is 5.00. The molecule has 3 heterocycles. The maximum Gasteiger partial charge on any atom is 0.186 e. The number of fused-ring (bicyclic) bond motifs is 1. The summed E-state index contributed by atoms with van der Waals surface area (Å²) in [5.74, 6) is -0.707. The van der Waals surface area contributed by atoms with E-state index in [0.29, 0.717) is 12.8 Å². The summed E-state index contributed by atoms with van der Waals surface area (Å²) >= 11 is 0. The van der Waals surface area contributed by atoms with Crippen molar-refractivity contribution < 1.29 is 74.7 Å². The summed E-state index contributed by atoms with van der Waals surface area (Å²) in [5, 5.41) is 103. The Kier molecular flexibility index (Phi) is 10.5. The number of ether oxygens (including phenoxy) is 5. The van der Waals surface area contributed by atoms with Crippen LogP contribution in [0.3, 0.4) is 0 Å². The van der Waals surface area contributed by atoms with Gasteiger partial charge in [0.2, 0.25) is 0 Å². The molecule has 3 aliphatic heterocycles. The van der Waals surface area contributed by atoms with Crippen molar-refractivity contribution in [3.63, 3.8) is 0 Å². The molecule has 0 spiro atoms. The van der Waals surface area contributed by atoms with Gasteiger partial charge in [0.05, 0.1) is 55.4 Å². The van der Waals surface area contributed by atoms with E-state index in [4.69, 9.17) is 23.7 Å². The first kappa shape index (κ1) is 32.8. The molecule has 5 rings (SSSR count). The molecule has 2 saturated carbocycles. The van der Waals surface area contributed by atoms with E-state index in [-0.39, 0.29) is 31.6 Å². The lowest BCUT2D eigenvalue weighted by molar-refractivity contribution is -0.342. The van der Waals surface area contributed by atoms with Gasteiger partial charge >= 0.3 is 0 Å². The van der Waals surface area contributed by atoms with E-state index in [1.165, 1.54) is 6.92 Å². The summed E-state index contributed by atoms with van der Waals surface area (Å²) < 4.78 is 30.1. The van der Waals surface area contributed by atoms with Crippen molar-refractivity contribution in [2.24, 2.45) is 11.8 Å². The molecule has 5 aliphatic rings. The van der Waals surface area contributed by atoms with Gasteiger partial charge < -0.3 is 74.7 Å². The third kappa shape index (κ3) is 6.52. The molecule has 15 heteroatoms. The maximum atomic E-state index is 10.7. The smallest absolute Gasteiger partial charge is 0.186 e. The number of rotatable bonds is 6. The Labute approximate surface area is 243 Å². The molecule has 2 aliphatic carbocycles. The van der Waals surface area contributed by atoms with Crippen LogP contribution >= 0.6 is 0 Å². The Morgan fingerprint density at radius 2 is 1.26 bits per heavy atom. The molecular formula is C27H46O15. The van der Waals surface area contributed by atoms with Crippen LogP contribution in [0.15, 0.2) is 0 Å². The Balaban J connectivity index is 1.37. The lowest BCUT2D eigenvalue weighted by atomic mass is 9.72. The molecule has 0 aromatic rings. The molecule has 244 valence electrons. The fourth-order valence-corrected chi connectivity index (χ4v) is 7.19. The van der Waals surface area contributed by atoms with Crippen molar-refractivity contribution in [3.05, 3.63) is 0 Å². The zero-order valence-electron chi connectivity index (χ0n) is 23.4. The standard InChI is InChI=1S/C27H46O15/c1-9-19(32)21(34)23(36)26(38-9)41-17-7-12-15(39-25(17)10-2-3-13(30)14(31)4-10)5-11(29)6-16(12)40-27-24(37)22(35)20(33)18(8-28)42-27/h9-37H,2-8H2,1H3/t9-,10?,11?,12?,13?,14?,15?,16?,17?,18-,19-,20-,21-,22-,23-,24-,25?,26+,27-/m0/s1. The van der Waals surface area contributed by atoms with Crippen LogP contribution in [0.1, 0.15) is 45.4 Å². The first-order valence-electron chi connectivity index (χ1n) is 14.9. The highest BCUT2D eigenvalue weighted by Gasteiger charge is 2.53. The molecule has 9 unspecified atom stereocenters. The van der Waals surface area contributed by atoms with Crippen molar-refractivity contribution in [3.8, 4) is 0 Å². The van der Waals surface area contributed by atoms with Crippen LogP contribution < -0.4 is 0 Å². The summed E-state index contributed by atoms with van der Waals surface area (Å²) in [5.41, 5.74) is 0. The van der Waals surface area contributed by atoms with Gasteiger partial charge in [0.25, 0.3) is 0 Å². The summed E-state index contributed by atoms with van der Waals surface area (Å²) in [4.78, 5) is 0. The highest BCUT2D eigenvalue weighted by atomic mass is 16.7. The van der Waals surface area contributed by atoms with Gasteiger partial charge in [-0.15, -0.1) is 0 Å². The zero-order valence-corrected chi connectivity index (χ0v) is 23.4. The second kappa shape index (κ2) is 13.4. The predicted molar refractivity (Wildman–Crippen MR) is 137 cm³/mol. The predicted octanol–water partition coefficient (Wildman–Crippen LogP) is -4.17. The summed E-state index contributed by atoms with van der Waals surface area (Å²) in [6, 6.07) is 0. The van der Waals surface area contributed by atoms with E-state index in [2.05, 4.69) is 0 Å². The molecule has 0 aromatic carbocycles. The van der Waals surface area contributed by atoms with Gasteiger partial charge in [-0.2, -0.15) is 0 Å². The maximum absolute atomic E-state index is 10.7. The third-order valence-electron chi connectivity index (χ3n) is 9.73. The molecule has 0 bridgehead atoms. The quantitative estimate of drug-likeness (QED) is 0.137. The molecule has 5 fully saturated rings. The van der Waals surface area contributed by atoms with Crippen molar-refractivity contribution in [1.29, 1.82) is 0 Å². The molecule has 10 N–H and O–H groups in total. The van der Waals surface area contributed by atoms with Crippen molar-refractivity contribution in [2.75, 3.05) is 6.61 Å². The fourth-order valence-electron chi connectivity index (χ4n) is 7.19. The van der Waals surface area contributed by atoms with Crippen molar-refractivity contribution >= 4 is 0 Å². The number of hydrogen-bond donors (Lipinski definition) is 10. The van der Waals surface area contributed by atoms with Gasteiger partial charge in [-0.05, 0) is 44.9 Å². The van der Waals surface area contributed by atoms with Gasteiger partial charge in [-0.1, -0.05) is 0 Å². The summed E-state index contributed by atoms with van der Waals surface area (Å²) in [7, 11) is 0. The topological polar surface area (TPSA) is 248 Å². The summed E-state index contributed by atoms with van der Waals surface area (Å²) in [6.45, 7) is 0.905. The highest BCUT2D eigenvalue weighted by Crippen LogP contribution is 2.45. The lowest BCUT2D eigenvalue weighted by Crippen LogP contribution is -2.63. The minimum Gasteiger partial charge on any atom is -0.394 e. The second-order valence-corrected chi connectivity index (χ2v) is 12.6. The first-order chi connectivity index (χ1) is 19.9. The van der Waals surface area contributed by atoms with Gasteiger partial charge in [0.15, 0.2) is 12.6 Å². The summed E-state index contributed by atoms with van der Waals surface area (Å²) in [6.07, 6.45) is -17.8. The molecule has 42 heavy (non-hydrogen) atoms. The van der Waals surface area contributed by atoms with E-state index in [1.807, 2.05) is 0 Å². The number of aliphatic hydroxyl groups excluding tert-OH is 10. The van der Waals surface area contributed by atoms with Crippen molar-refractivity contribution in [1.82, 2.24) is 0 Å². The monoisotopic (exact) mass is 610 g/mol. The zero-order chi connectivity index (χ0) is 30.5. The minimum atomic E-state index is -1.64. The fraction of sp³-hybridized carbons (Fsp3) is 1.00. The van der Waals surface area contributed by atoms with Gasteiger partial charge in [-0.25, -0.2) is 0 Å². The number of hydrogen-bond acceptors (Lipinski definition) is 15. The van der Waals surface area contributed by atoms with Crippen LogP contribution in [0.25, 0.3) is 0 Å². The number of aliphatic hydroxyl groups is 10. The first-order valence-corrected chi connectivity index (χ1v) is 14.9. The van der Waals surface area contributed by atoms with Crippen LogP contribution in [-0.4, -0.2) is 162 Å². The molecule has 0 amide bonds. The van der Waals surface area contributed by atoms with E-state index in [0.717, 1.165) is 0 Å². The third-order valence-corrected chi connectivity index (χ3v) is 9.73. The van der Waals surface area contributed by atoms with E-state index in [1.54, 1.807) is 0 Å². The van der Waals surface area contributed by atoms with Gasteiger partial charge in [-0.3, -0.25) is 0 Å². The van der Waals surface area contributed by atoms with Gasteiger partial charge in [0, 0.05) is 12.3 Å². The molecule has 3 saturated heterocycles. The average molecular weight is 611 g/mol. The Morgan fingerprint density at radius 3 is 1.93 bits per heavy atom. The second-order valence-electron chi connectivity index (χ2n) is 12.6. The Hall–Kier alpha value is -0.600. The van der Waals surface area contributed by atoms with Gasteiger partial charge in [0.1, 0.15) is 42.7 Å². The molecule has 0 aromatic heterocycles. The van der Waals surface area contributed by atoms with E-state index >= 15 is 0 Å². The van der Waals surface area contributed by atoms with Crippen LogP contribution in [0.4, 0.5) is 0 Å². The SMILES string of the molecule is C[C@@H]1O[C@H](OC2CC3C(CC(O)CC3O[C@H]3O[C@@H](CO)[C@H](O)[C@H](O)[C@@H]3O)OC2C2CCC(O)C(O)C2)[C@@H](O)[C@@H](O)[C@H]1O. The van der Waals surface area contributed by atoms with Crippen LogP contribution in [-0.2, 0) is 23.7 Å². The van der Waals surface area contributed by atoms with Crippen molar-refractivity contribution in [2.45, 2.75) is 150 Å². The Morgan fingerprint density at radius 1 is 0.619 bits per heavy atom. The van der Waals surface area contributed by atoms with E-state index < -0.39 is 117 Å². The molecule has 15 nitrogen and oxygen atoms in total.